The molecule has 0 aliphatic heterocycles. The van der Waals surface area contributed by atoms with Crippen LogP contribution in [0.5, 0.6) is 0 Å². The van der Waals surface area contributed by atoms with Gasteiger partial charge in [0, 0.05) is 4.47 Å². The van der Waals surface area contributed by atoms with Crippen LogP contribution in [0.3, 0.4) is 0 Å². The fraction of sp³-hybridized carbons (Fsp3) is 0.364. The molecule has 0 fully saturated rings. The van der Waals surface area contributed by atoms with Gasteiger partial charge in [-0.2, -0.15) is 0 Å². The highest BCUT2D eigenvalue weighted by Crippen LogP contribution is 2.31. The third-order valence-electron chi connectivity index (χ3n) is 2.57. The third kappa shape index (κ3) is 2.07. The number of hydrogen-bond acceptors (Lipinski definition) is 3. The minimum Gasteiger partial charge on any atom is -0.320 e. The molecule has 1 aromatic carbocycles. The molecule has 0 radical (unpaired) electrons. The SMILES string of the molecule is CCC(C)(N)c1nc2ccc(Br)cc2s1. The second-order valence-corrected chi connectivity index (χ2v) is 5.85. The zero-order valence-electron chi connectivity index (χ0n) is 8.75. The number of fused-ring (bicyclic) bond motifs is 1. The summed E-state index contributed by atoms with van der Waals surface area (Å²) in [5.74, 6) is 0. The number of thiazole rings is 1. The number of aromatic nitrogens is 1. The van der Waals surface area contributed by atoms with Gasteiger partial charge in [-0.1, -0.05) is 22.9 Å². The first-order valence-corrected chi connectivity index (χ1v) is 6.49. The molecule has 2 nitrogen and oxygen atoms in total. The Bertz CT molecular complexity index is 490. The molecule has 15 heavy (non-hydrogen) atoms. The van der Waals surface area contributed by atoms with E-state index in [0.29, 0.717) is 0 Å². The average Bonchev–Trinajstić information content (AvgIpc) is 2.61. The van der Waals surface area contributed by atoms with Gasteiger partial charge in [-0.15, -0.1) is 11.3 Å². The van der Waals surface area contributed by atoms with Gasteiger partial charge in [0.05, 0.1) is 15.8 Å². The van der Waals surface area contributed by atoms with Gasteiger partial charge < -0.3 is 5.73 Å². The van der Waals surface area contributed by atoms with Crippen molar-refractivity contribution in [3.63, 3.8) is 0 Å². The van der Waals surface area contributed by atoms with Crippen molar-refractivity contribution >= 4 is 37.5 Å². The number of rotatable bonds is 2. The van der Waals surface area contributed by atoms with Crippen LogP contribution in [-0.2, 0) is 5.54 Å². The van der Waals surface area contributed by atoms with Gasteiger partial charge in [0.15, 0.2) is 0 Å². The van der Waals surface area contributed by atoms with Crippen molar-refractivity contribution < 1.29 is 0 Å². The molecular weight excluding hydrogens is 272 g/mol. The first-order chi connectivity index (χ1) is 7.03. The van der Waals surface area contributed by atoms with Crippen LogP contribution >= 0.6 is 27.3 Å². The molecule has 1 atom stereocenters. The van der Waals surface area contributed by atoms with E-state index in [1.54, 1.807) is 11.3 Å². The van der Waals surface area contributed by atoms with Gasteiger partial charge in [-0.3, -0.25) is 0 Å². The molecule has 0 aliphatic carbocycles. The van der Waals surface area contributed by atoms with Gasteiger partial charge in [-0.05, 0) is 31.5 Å². The fourth-order valence-corrected chi connectivity index (χ4v) is 2.94. The predicted molar refractivity (Wildman–Crippen MR) is 69.2 cm³/mol. The maximum atomic E-state index is 6.18. The highest BCUT2D eigenvalue weighted by atomic mass is 79.9. The minimum atomic E-state index is -0.309. The van der Waals surface area contributed by atoms with Crippen molar-refractivity contribution in [1.29, 1.82) is 0 Å². The number of halogens is 1. The Morgan fingerprint density at radius 2 is 2.27 bits per heavy atom. The Morgan fingerprint density at radius 1 is 1.53 bits per heavy atom. The first kappa shape index (κ1) is 11.0. The Balaban J connectivity index is 2.56. The number of hydrogen-bond donors (Lipinski definition) is 1. The summed E-state index contributed by atoms with van der Waals surface area (Å²) in [6.07, 6.45) is 0.897. The van der Waals surface area contributed by atoms with Crippen molar-refractivity contribution in [3.8, 4) is 0 Å². The molecule has 1 heterocycles. The van der Waals surface area contributed by atoms with Gasteiger partial charge >= 0.3 is 0 Å². The summed E-state index contributed by atoms with van der Waals surface area (Å²) < 4.78 is 2.27. The van der Waals surface area contributed by atoms with Crippen molar-refractivity contribution in [3.05, 3.63) is 27.7 Å². The lowest BCUT2D eigenvalue weighted by molar-refractivity contribution is 0.474. The topological polar surface area (TPSA) is 38.9 Å². The molecule has 2 aromatic rings. The maximum Gasteiger partial charge on any atom is 0.113 e. The largest absolute Gasteiger partial charge is 0.320 e. The van der Waals surface area contributed by atoms with E-state index in [4.69, 9.17) is 5.73 Å². The molecule has 2 N–H and O–H groups in total. The Morgan fingerprint density at radius 3 is 2.93 bits per heavy atom. The number of nitrogens with zero attached hydrogens (tertiary/aromatic N) is 1. The van der Waals surface area contributed by atoms with Crippen LogP contribution in [0.1, 0.15) is 25.3 Å². The van der Waals surface area contributed by atoms with E-state index < -0.39 is 0 Å². The Kier molecular flexibility index (Phi) is 2.83. The van der Waals surface area contributed by atoms with Gasteiger partial charge in [0.2, 0.25) is 0 Å². The molecular formula is C11H13BrN2S. The van der Waals surface area contributed by atoms with Crippen LogP contribution in [0.25, 0.3) is 10.2 Å². The maximum absolute atomic E-state index is 6.18. The summed E-state index contributed by atoms with van der Waals surface area (Å²) in [4.78, 5) is 4.57. The second kappa shape index (κ2) is 3.85. The van der Waals surface area contributed by atoms with Gasteiger partial charge in [-0.25, -0.2) is 4.98 Å². The summed E-state index contributed by atoms with van der Waals surface area (Å²) in [5.41, 5.74) is 6.90. The monoisotopic (exact) mass is 284 g/mol. The van der Waals surface area contributed by atoms with E-state index >= 15 is 0 Å². The zero-order chi connectivity index (χ0) is 11.1. The van der Waals surface area contributed by atoms with Crippen LogP contribution in [0, 0.1) is 0 Å². The lowest BCUT2D eigenvalue weighted by Crippen LogP contribution is -2.31. The number of benzene rings is 1. The summed E-state index contributed by atoms with van der Waals surface area (Å²) in [5, 5.41) is 1.01. The van der Waals surface area contributed by atoms with Crippen molar-refractivity contribution in [1.82, 2.24) is 4.98 Å². The van der Waals surface area contributed by atoms with Crippen LogP contribution in [0.4, 0.5) is 0 Å². The molecule has 0 spiro atoms. The summed E-state index contributed by atoms with van der Waals surface area (Å²) >= 11 is 5.13. The quantitative estimate of drug-likeness (QED) is 0.914. The van der Waals surface area contributed by atoms with Gasteiger partial charge in [0.1, 0.15) is 5.01 Å². The van der Waals surface area contributed by atoms with Crippen LogP contribution in [0.15, 0.2) is 22.7 Å². The van der Waals surface area contributed by atoms with E-state index in [1.807, 2.05) is 19.1 Å². The molecule has 80 valence electrons. The third-order valence-corrected chi connectivity index (χ3v) is 4.36. The smallest absolute Gasteiger partial charge is 0.113 e. The summed E-state index contributed by atoms with van der Waals surface area (Å²) in [7, 11) is 0. The fourth-order valence-electron chi connectivity index (χ4n) is 1.29. The van der Waals surface area contributed by atoms with E-state index in [-0.39, 0.29) is 5.54 Å². The van der Waals surface area contributed by atoms with Crippen LogP contribution in [0.2, 0.25) is 0 Å². The Hall–Kier alpha value is -0.450. The number of nitrogens with two attached hydrogens (primary N) is 1. The second-order valence-electron chi connectivity index (χ2n) is 3.90. The van der Waals surface area contributed by atoms with E-state index in [1.165, 1.54) is 4.70 Å². The van der Waals surface area contributed by atoms with Crippen molar-refractivity contribution in [2.45, 2.75) is 25.8 Å². The molecule has 2 rings (SSSR count). The van der Waals surface area contributed by atoms with Crippen molar-refractivity contribution in [2.75, 3.05) is 0 Å². The first-order valence-electron chi connectivity index (χ1n) is 4.88. The molecule has 0 bridgehead atoms. The molecule has 0 saturated heterocycles. The molecule has 0 saturated carbocycles. The normalized spacial score (nSPS) is 15.5. The summed E-state index contributed by atoms with van der Waals surface area (Å²) in [6, 6.07) is 6.11. The van der Waals surface area contributed by atoms with Gasteiger partial charge in [0.25, 0.3) is 0 Å². The Labute approximate surface area is 102 Å². The van der Waals surface area contributed by atoms with Crippen LogP contribution in [-0.4, -0.2) is 4.98 Å². The molecule has 0 amide bonds. The summed E-state index contributed by atoms with van der Waals surface area (Å²) in [6.45, 7) is 4.11. The highest BCUT2D eigenvalue weighted by molar-refractivity contribution is 9.10. The van der Waals surface area contributed by atoms with E-state index in [9.17, 15) is 0 Å². The predicted octanol–water partition coefficient (Wildman–Crippen LogP) is 3.64. The van der Waals surface area contributed by atoms with Crippen LogP contribution < -0.4 is 5.73 Å². The average molecular weight is 285 g/mol. The lowest BCUT2D eigenvalue weighted by Gasteiger charge is -2.18. The highest BCUT2D eigenvalue weighted by Gasteiger charge is 2.22. The zero-order valence-corrected chi connectivity index (χ0v) is 11.2. The van der Waals surface area contributed by atoms with E-state index in [2.05, 4.69) is 33.9 Å². The molecule has 1 aromatic heterocycles. The van der Waals surface area contributed by atoms with Crippen molar-refractivity contribution in [2.24, 2.45) is 5.73 Å². The lowest BCUT2D eigenvalue weighted by atomic mass is 10.0. The standard InChI is InChI=1S/C11H13BrN2S/c1-3-11(2,13)10-14-8-5-4-7(12)6-9(8)15-10/h4-6H,3,13H2,1-2H3. The molecule has 0 aliphatic rings. The molecule has 1 unspecified atom stereocenters. The molecule has 4 heteroatoms. The van der Waals surface area contributed by atoms with E-state index in [0.717, 1.165) is 21.4 Å². The minimum absolute atomic E-state index is 0.309.